The first kappa shape index (κ1) is 15.2. The van der Waals surface area contributed by atoms with Crippen LogP contribution in [0.25, 0.3) is 0 Å². The van der Waals surface area contributed by atoms with Crippen LogP contribution in [0.1, 0.15) is 16.2 Å². The van der Waals surface area contributed by atoms with Gasteiger partial charge in [-0.1, -0.05) is 35.3 Å². The van der Waals surface area contributed by atoms with Crippen molar-refractivity contribution in [1.82, 2.24) is 10.3 Å². The minimum absolute atomic E-state index is 0.201. The zero-order chi connectivity index (χ0) is 14.5. The smallest absolute Gasteiger partial charge is 0.269 e. The molecule has 20 heavy (non-hydrogen) atoms. The van der Waals surface area contributed by atoms with Crippen molar-refractivity contribution < 1.29 is 4.79 Å². The maximum Gasteiger partial charge on any atom is 0.269 e. The van der Waals surface area contributed by atoms with Crippen molar-refractivity contribution in [3.63, 3.8) is 0 Å². The molecule has 0 saturated heterocycles. The maximum absolute atomic E-state index is 11.5. The molecule has 0 bridgehead atoms. The lowest BCUT2D eigenvalue weighted by Crippen LogP contribution is -2.19. The second-order valence-corrected chi connectivity index (χ2v) is 5.73. The summed E-state index contributed by atoms with van der Waals surface area (Å²) < 4.78 is 0. The number of carbonyl (C=O) groups excluding carboxylic acids is 1. The molecule has 1 heterocycles. The van der Waals surface area contributed by atoms with Crippen LogP contribution in [-0.4, -0.2) is 17.9 Å². The molecule has 3 nitrogen and oxygen atoms in total. The van der Waals surface area contributed by atoms with E-state index in [4.69, 9.17) is 23.2 Å². The van der Waals surface area contributed by atoms with Crippen LogP contribution in [0.5, 0.6) is 0 Å². The number of hydrogen-bond acceptors (Lipinski definition) is 3. The summed E-state index contributed by atoms with van der Waals surface area (Å²) in [6.07, 6.45) is 0. The van der Waals surface area contributed by atoms with Crippen LogP contribution >= 0.6 is 35.0 Å². The van der Waals surface area contributed by atoms with Crippen molar-refractivity contribution in [2.45, 2.75) is 10.6 Å². The van der Waals surface area contributed by atoms with Crippen LogP contribution < -0.4 is 5.32 Å². The van der Waals surface area contributed by atoms with E-state index in [-0.39, 0.29) is 5.91 Å². The number of pyridine rings is 1. The Labute approximate surface area is 131 Å². The van der Waals surface area contributed by atoms with E-state index in [1.807, 2.05) is 12.1 Å². The Morgan fingerprint density at radius 3 is 2.50 bits per heavy atom. The Hall–Kier alpha value is -1.23. The third kappa shape index (κ3) is 3.66. The standard InChI is InChI=1S/C14H12Cl2N2OS/c1-17-14(19)12-7-2-4-9(18-12)8-20-13-10(15)5-3-6-11(13)16/h2-7H,8H2,1H3,(H,17,19). The number of benzene rings is 1. The molecule has 2 rings (SSSR count). The molecule has 6 heteroatoms. The van der Waals surface area contributed by atoms with Gasteiger partial charge in [0, 0.05) is 17.7 Å². The fraction of sp³-hybridized carbons (Fsp3) is 0.143. The summed E-state index contributed by atoms with van der Waals surface area (Å²) in [5.41, 5.74) is 1.20. The number of thioether (sulfide) groups is 1. The molecule has 0 radical (unpaired) electrons. The highest BCUT2D eigenvalue weighted by Gasteiger charge is 2.09. The zero-order valence-electron chi connectivity index (χ0n) is 10.7. The van der Waals surface area contributed by atoms with Crippen LogP contribution in [0.4, 0.5) is 0 Å². The number of nitrogens with zero attached hydrogens (tertiary/aromatic N) is 1. The van der Waals surface area contributed by atoms with Crippen LogP contribution in [0.3, 0.4) is 0 Å². The number of hydrogen-bond donors (Lipinski definition) is 1. The van der Waals surface area contributed by atoms with E-state index in [9.17, 15) is 4.79 Å². The Morgan fingerprint density at radius 1 is 1.20 bits per heavy atom. The van der Waals surface area contributed by atoms with Crippen LogP contribution in [0, 0.1) is 0 Å². The first-order valence-corrected chi connectivity index (χ1v) is 7.61. The van der Waals surface area contributed by atoms with Crippen LogP contribution in [0.2, 0.25) is 10.0 Å². The monoisotopic (exact) mass is 326 g/mol. The average molecular weight is 327 g/mol. The minimum Gasteiger partial charge on any atom is -0.354 e. The summed E-state index contributed by atoms with van der Waals surface area (Å²) in [5, 5.41) is 3.78. The number of halogens is 2. The molecule has 0 saturated carbocycles. The molecule has 0 spiro atoms. The number of amides is 1. The highest BCUT2D eigenvalue weighted by Crippen LogP contribution is 2.35. The fourth-order valence-corrected chi connectivity index (χ4v) is 3.17. The quantitative estimate of drug-likeness (QED) is 0.862. The van der Waals surface area contributed by atoms with Gasteiger partial charge in [-0.25, -0.2) is 4.98 Å². The van der Waals surface area contributed by atoms with E-state index in [0.29, 0.717) is 21.5 Å². The van der Waals surface area contributed by atoms with Crippen molar-refractivity contribution >= 4 is 40.9 Å². The summed E-state index contributed by atoms with van der Waals surface area (Å²) in [6, 6.07) is 10.7. The lowest BCUT2D eigenvalue weighted by Gasteiger charge is -2.07. The normalized spacial score (nSPS) is 10.3. The summed E-state index contributed by atoms with van der Waals surface area (Å²) in [6.45, 7) is 0. The Morgan fingerprint density at radius 2 is 1.85 bits per heavy atom. The van der Waals surface area contributed by atoms with E-state index in [1.54, 1.807) is 31.3 Å². The number of carbonyl (C=O) groups is 1. The van der Waals surface area contributed by atoms with Gasteiger partial charge >= 0.3 is 0 Å². The van der Waals surface area contributed by atoms with Crippen molar-refractivity contribution in [1.29, 1.82) is 0 Å². The largest absolute Gasteiger partial charge is 0.354 e. The summed E-state index contributed by atoms with van der Waals surface area (Å²) in [7, 11) is 1.58. The molecule has 0 unspecified atom stereocenters. The Kier molecular flexibility index (Phi) is 5.29. The molecule has 1 N–H and O–H groups in total. The molecule has 0 fully saturated rings. The van der Waals surface area contributed by atoms with Gasteiger partial charge in [0.05, 0.1) is 15.7 Å². The number of aromatic nitrogens is 1. The second kappa shape index (κ2) is 6.97. The van der Waals surface area contributed by atoms with Gasteiger partial charge in [-0.05, 0) is 24.3 Å². The van der Waals surface area contributed by atoms with Gasteiger partial charge in [0.15, 0.2) is 0 Å². The van der Waals surface area contributed by atoms with E-state index >= 15 is 0 Å². The van der Waals surface area contributed by atoms with Crippen molar-refractivity contribution in [2.24, 2.45) is 0 Å². The molecular formula is C14H12Cl2N2OS. The number of nitrogens with one attached hydrogen (secondary N) is 1. The molecule has 2 aromatic rings. The Bertz CT molecular complexity index is 614. The third-order valence-electron chi connectivity index (χ3n) is 2.55. The average Bonchev–Trinajstić information content (AvgIpc) is 2.46. The van der Waals surface area contributed by atoms with Gasteiger partial charge < -0.3 is 5.32 Å². The topological polar surface area (TPSA) is 42.0 Å². The van der Waals surface area contributed by atoms with Gasteiger partial charge in [-0.3, -0.25) is 4.79 Å². The maximum atomic E-state index is 11.5. The van der Waals surface area contributed by atoms with Crippen molar-refractivity contribution in [3.8, 4) is 0 Å². The molecule has 0 aliphatic carbocycles. The molecule has 0 atom stereocenters. The molecule has 104 valence electrons. The van der Waals surface area contributed by atoms with Gasteiger partial charge in [0.2, 0.25) is 0 Å². The van der Waals surface area contributed by atoms with Crippen molar-refractivity contribution in [2.75, 3.05) is 7.05 Å². The summed E-state index contributed by atoms with van der Waals surface area (Å²) in [4.78, 5) is 16.6. The van der Waals surface area contributed by atoms with E-state index in [2.05, 4.69) is 10.3 Å². The Balaban J connectivity index is 2.13. The van der Waals surface area contributed by atoms with Gasteiger partial charge in [-0.15, -0.1) is 11.8 Å². The first-order valence-electron chi connectivity index (χ1n) is 5.86. The third-order valence-corrected chi connectivity index (χ3v) is 4.57. The highest BCUT2D eigenvalue weighted by molar-refractivity contribution is 7.98. The summed E-state index contributed by atoms with van der Waals surface area (Å²) >= 11 is 13.7. The molecule has 0 aliphatic heterocycles. The number of rotatable bonds is 4. The molecule has 0 aliphatic rings. The molecular weight excluding hydrogens is 315 g/mol. The minimum atomic E-state index is -0.201. The van der Waals surface area contributed by atoms with Gasteiger partial charge in [0.1, 0.15) is 5.69 Å². The fourth-order valence-electron chi connectivity index (χ4n) is 1.58. The molecule has 1 aromatic carbocycles. The van der Waals surface area contributed by atoms with Crippen molar-refractivity contribution in [3.05, 3.63) is 57.8 Å². The second-order valence-electron chi connectivity index (χ2n) is 3.93. The SMILES string of the molecule is CNC(=O)c1cccc(CSc2c(Cl)cccc2Cl)n1. The highest BCUT2D eigenvalue weighted by atomic mass is 35.5. The molecule has 1 aromatic heterocycles. The molecule has 1 amide bonds. The first-order chi connectivity index (χ1) is 9.61. The van der Waals surface area contributed by atoms with E-state index < -0.39 is 0 Å². The predicted octanol–water partition coefficient (Wildman–Crippen LogP) is 4.04. The van der Waals surface area contributed by atoms with Crippen LogP contribution in [0.15, 0.2) is 41.3 Å². The lowest BCUT2D eigenvalue weighted by atomic mass is 10.3. The van der Waals surface area contributed by atoms with Gasteiger partial charge in [-0.2, -0.15) is 0 Å². The lowest BCUT2D eigenvalue weighted by molar-refractivity contribution is 0.0958. The van der Waals surface area contributed by atoms with E-state index in [1.165, 1.54) is 11.8 Å². The summed E-state index contributed by atoms with van der Waals surface area (Å²) in [5.74, 6) is 0.390. The van der Waals surface area contributed by atoms with E-state index in [0.717, 1.165) is 10.6 Å². The van der Waals surface area contributed by atoms with Gasteiger partial charge in [0.25, 0.3) is 5.91 Å². The van der Waals surface area contributed by atoms with Crippen LogP contribution in [-0.2, 0) is 5.75 Å². The zero-order valence-corrected chi connectivity index (χ0v) is 13.0. The predicted molar refractivity (Wildman–Crippen MR) is 83.7 cm³/mol.